The van der Waals surface area contributed by atoms with Crippen LogP contribution in [-0.4, -0.2) is 40.1 Å². The summed E-state index contributed by atoms with van der Waals surface area (Å²) in [6.07, 6.45) is 3.56. The number of anilines is 1. The lowest BCUT2D eigenvalue weighted by Crippen LogP contribution is -2.34. The molecule has 8 nitrogen and oxygen atoms in total. The van der Waals surface area contributed by atoms with Gasteiger partial charge in [0.05, 0.1) is 10.4 Å². The van der Waals surface area contributed by atoms with Crippen molar-refractivity contribution in [3.8, 4) is 17.0 Å². The Morgan fingerprint density at radius 3 is 2.85 bits per heavy atom. The van der Waals surface area contributed by atoms with Crippen molar-refractivity contribution < 1.29 is 9.53 Å². The van der Waals surface area contributed by atoms with Crippen LogP contribution < -0.4 is 21.1 Å². The van der Waals surface area contributed by atoms with E-state index < -0.39 is 0 Å². The lowest BCUT2D eigenvalue weighted by Gasteiger charge is -2.24. The normalized spacial score (nSPS) is 14.3. The maximum atomic E-state index is 12.9. The predicted molar refractivity (Wildman–Crippen MR) is 134 cm³/mol. The molecule has 0 saturated carbocycles. The van der Waals surface area contributed by atoms with Crippen molar-refractivity contribution in [2.24, 2.45) is 0 Å². The number of nitrogens with zero attached hydrogens (tertiary/aromatic N) is 3. The third-order valence-electron chi connectivity index (χ3n) is 5.74. The molecule has 2 aromatic carbocycles. The fourth-order valence-corrected chi connectivity index (χ4v) is 4.98. The molecule has 0 radical (unpaired) electrons. The quantitative estimate of drug-likeness (QED) is 0.390. The van der Waals surface area contributed by atoms with Crippen LogP contribution in [0.15, 0.2) is 48.7 Å². The summed E-state index contributed by atoms with van der Waals surface area (Å²) in [5.41, 5.74) is 10.2. The first kappa shape index (κ1) is 22.2. The van der Waals surface area contributed by atoms with Crippen LogP contribution >= 0.6 is 11.3 Å². The minimum absolute atomic E-state index is 0.0930. The SMILES string of the molecule is Cc1cccc(CNC(=O)c2nc3c(OC4CCNCC4)cc(-c4ccnc(N)n4)cc3s2)c1. The molecule has 174 valence electrons. The zero-order valence-corrected chi connectivity index (χ0v) is 19.7. The number of carbonyl (C=O) groups is 1. The van der Waals surface area contributed by atoms with Gasteiger partial charge < -0.3 is 21.1 Å². The Kier molecular flexibility index (Phi) is 6.37. The topological polar surface area (TPSA) is 115 Å². The molecule has 0 spiro atoms. The molecule has 0 unspecified atom stereocenters. The zero-order chi connectivity index (χ0) is 23.5. The predicted octanol–water partition coefficient (Wildman–Crippen LogP) is 3.70. The van der Waals surface area contributed by atoms with Crippen molar-refractivity contribution >= 4 is 33.4 Å². The van der Waals surface area contributed by atoms with E-state index in [0.29, 0.717) is 28.5 Å². The van der Waals surface area contributed by atoms with Crippen molar-refractivity contribution in [2.75, 3.05) is 18.8 Å². The van der Waals surface area contributed by atoms with E-state index in [2.05, 4.69) is 31.7 Å². The van der Waals surface area contributed by atoms with E-state index in [0.717, 1.165) is 47.3 Å². The van der Waals surface area contributed by atoms with E-state index in [9.17, 15) is 4.79 Å². The van der Waals surface area contributed by atoms with E-state index in [-0.39, 0.29) is 18.0 Å². The Bertz CT molecular complexity index is 1330. The third-order valence-corrected chi connectivity index (χ3v) is 6.74. The number of benzene rings is 2. The number of thiazole rings is 1. The number of piperidine rings is 1. The summed E-state index contributed by atoms with van der Waals surface area (Å²) in [5, 5.41) is 6.73. The van der Waals surface area contributed by atoms with Gasteiger partial charge in [-0.25, -0.2) is 15.0 Å². The van der Waals surface area contributed by atoms with Crippen molar-refractivity contribution in [2.45, 2.75) is 32.4 Å². The zero-order valence-electron chi connectivity index (χ0n) is 18.9. The molecule has 1 fully saturated rings. The molecule has 4 aromatic rings. The van der Waals surface area contributed by atoms with Crippen LogP contribution in [0, 0.1) is 6.92 Å². The monoisotopic (exact) mass is 474 g/mol. The Morgan fingerprint density at radius 2 is 2.06 bits per heavy atom. The minimum atomic E-state index is -0.205. The number of aryl methyl sites for hydroxylation is 1. The number of amides is 1. The van der Waals surface area contributed by atoms with E-state index in [1.807, 2.05) is 43.3 Å². The lowest BCUT2D eigenvalue weighted by molar-refractivity contribution is 0.0950. The number of nitrogens with two attached hydrogens (primary N) is 1. The van der Waals surface area contributed by atoms with Crippen molar-refractivity contribution in [1.82, 2.24) is 25.6 Å². The van der Waals surface area contributed by atoms with Gasteiger partial charge in [0.2, 0.25) is 5.95 Å². The van der Waals surface area contributed by atoms with Crippen LogP contribution in [0.2, 0.25) is 0 Å². The Hall–Kier alpha value is -3.56. The molecule has 2 aromatic heterocycles. The van der Waals surface area contributed by atoms with Gasteiger partial charge in [-0.1, -0.05) is 29.8 Å². The molecule has 1 aliphatic heterocycles. The highest BCUT2D eigenvalue weighted by Gasteiger charge is 2.21. The largest absolute Gasteiger partial charge is 0.488 e. The summed E-state index contributed by atoms with van der Waals surface area (Å²) in [4.78, 5) is 25.9. The van der Waals surface area contributed by atoms with Crippen molar-refractivity contribution in [1.29, 1.82) is 0 Å². The molecule has 0 atom stereocenters. The number of nitrogen functional groups attached to an aromatic ring is 1. The van der Waals surface area contributed by atoms with Gasteiger partial charge in [-0.2, -0.15) is 0 Å². The first-order valence-electron chi connectivity index (χ1n) is 11.3. The molecule has 9 heteroatoms. The van der Waals surface area contributed by atoms with Crippen LogP contribution in [-0.2, 0) is 6.54 Å². The van der Waals surface area contributed by atoms with Crippen molar-refractivity contribution in [3.05, 3.63) is 64.8 Å². The summed E-state index contributed by atoms with van der Waals surface area (Å²) in [6.45, 7) is 4.31. The van der Waals surface area contributed by atoms with Crippen LogP contribution in [0.1, 0.15) is 33.8 Å². The Labute approximate surface area is 201 Å². The molecule has 4 N–H and O–H groups in total. The maximum Gasteiger partial charge on any atom is 0.280 e. The van der Waals surface area contributed by atoms with E-state index in [1.165, 1.54) is 11.3 Å². The molecule has 3 heterocycles. The standard InChI is InChI=1S/C25H26N6O2S/c1-15-3-2-4-16(11-15)14-29-23(32)24-31-22-20(33-18-5-8-27-9-6-18)12-17(13-21(22)34-24)19-7-10-28-25(26)30-19/h2-4,7,10-13,18,27H,5-6,8-9,14H2,1H3,(H,29,32)(H2,26,28,30). The molecular formula is C25H26N6O2S. The van der Waals surface area contributed by atoms with E-state index >= 15 is 0 Å². The van der Waals surface area contributed by atoms with Gasteiger partial charge in [-0.15, -0.1) is 11.3 Å². The summed E-state index contributed by atoms with van der Waals surface area (Å²) in [6, 6.07) is 13.8. The van der Waals surface area contributed by atoms with E-state index in [1.54, 1.807) is 6.20 Å². The maximum absolute atomic E-state index is 12.9. The minimum Gasteiger partial charge on any atom is -0.488 e. The lowest BCUT2D eigenvalue weighted by atomic mass is 10.1. The summed E-state index contributed by atoms with van der Waals surface area (Å²) < 4.78 is 7.25. The van der Waals surface area contributed by atoms with Gasteiger partial charge in [-0.05, 0) is 56.6 Å². The number of carbonyl (C=O) groups excluding carboxylic acids is 1. The second kappa shape index (κ2) is 9.74. The number of rotatable bonds is 6. The fraction of sp³-hybridized carbons (Fsp3) is 0.280. The molecule has 5 rings (SSSR count). The number of nitrogens with one attached hydrogen (secondary N) is 2. The summed E-state index contributed by atoms with van der Waals surface area (Å²) >= 11 is 1.34. The van der Waals surface area contributed by atoms with Gasteiger partial charge in [0.1, 0.15) is 17.4 Å². The highest BCUT2D eigenvalue weighted by atomic mass is 32.1. The Balaban J connectivity index is 1.46. The average molecular weight is 475 g/mol. The fourth-order valence-electron chi connectivity index (χ4n) is 4.04. The van der Waals surface area contributed by atoms with Gasteiger partial charge in [0.15, 0.2) is 5.01 Å². The molecular weight excluding hydrogens is 448 g/mol. The number of ether oxygens (including phenoxy) is 1. The highest BCUT2D eigenvalue weighted by Crippen LogP contribution is 2.36. The number of hydrogen-bond donors (Lipinski definition) is 3. The first-order valence-corrected chi connectivity index (χ1v) is 12.1. The second-order valence-corrected chi connectivity index (χ2v) is 9.41. The van der Waals surface area contributed by atoms with Gasteiger partial charge in [0, 0.05) is 18.3 Å². The molecule has 0 bridgehead atoms. The van der Waals surface area contributed by atoms with Gasteiger partial charge in [0.25, 0.3) is 5.91 Å². The van der Waals surface area contributed by atoms with Crippen LogP contribution in [0.25, 0.3) is 21.5 Å². The second-order valence-electron chi connectivity index (χ2n) is 8.38. The number of aromatic nitrogens is 3. The molecule has 34 heavy (non-hydrogen) atoms. The van der Waals surface area contributed by atoms with Gasteiger partial charge >= 0.3 is 0 Å². The summed E-state index contributed by atoms with van der Waals surface area (Å²) in [7, 11) is 0. The van der Waals surface area contributed by atoms with E-state index in [4.69, 9.17) is 10.5 Å². The average Bonchev–Trinajstić information content (AvgIpc) is 3.28. The molecule has 0 aliphatic carbocycles. The van der Waals surface area contributed by atoms with Gasteiger partial charge in [-0.3, -0.25) is 4.79 Å². The highest BCUT2D eigenvalue weighted by molar-refractivity contribution is 7.20. The van der Waals surface area contributed by atoms with Crippen LogP contribution in [0.5, 0.6) is 5.75 Å². The van der Waals surface area contributed by atoms with Crippen LogP contribution in [0.3, 0.4) is 0 Å². The third kappa shape index (κ3) is 5.00. The van der Waals surface area contributed by atoms with Crippen LogP contribution in [0.4, 0.5) is 5.95 Å². The molecule has 1 aliphatic rings. The van der Waals surface area contributed by atoms with Crippen molar-refractivity contribution in [3.63, 3.8) is 0 Å². The summed E-state index contributed by atoms with van der Waals surface area (Å²) in [5.74, 6) is 0.660. The number of hydrogen-bond acceptors (Lipinski definition) is 8. The molecule has 1 amide bonds. The Morgan fingerprint density at radius 1 is 1.21 bits per heavy atom. The smallest absolute Gasteiger partial charge is 0.280 e. The first-order chi connectivity index (χ1) is 16.5. The molecule has 1 saturated heterocycles. The number of fused-ring (bicyclic) bond motifs is 1.